The van der Waals surface area contributed by atoms with Gasteiger partial charge in [0.25, 0.3) is 0 Å². The second-order valence-corrected chi connectivity index (χ2v) is 9.92. The minimum absolute atomic E-state index is 0.157. The van der Waals surface area contributed by atoms with Gasteiger partial charge in [0.05, 0.1) is 25.2 Å². The van der Waals surface area contributed by atoms with Gasteiger partial charge in [0, 0.05) is 38.7 Å². The van der Waals surface area contributed by atoms with E-state index in [2.05, 4.69) is 5.32 Å². The van der Waals surface area contributed by atoms with Crippen LogP contribution in [0.2, 0.25) is 0 Å². The van der Waals surface area contributed by atoms with Crippen LogP contribution in [0.4, 0.5) is 5.69 Å². The molecule has 2 amide bonds. The van der Waals surface area contributed by atoms with Crippen LogP contribution in [-0.4, -0.2) is 64.0 Å². The maximum absolute atomic E-state index is 13.0. The number of benzene rings is 2. The second-order valence-electron chi connectivity index (χ2n) is 7.99. The van der Waals surface area contributed by atoms with Gasteiger partial charge in [0.1, 0.15) is 11.8 Å². The molecule has 2 aromatic rings. The fourth-order valence-electron chi connectivity index (χ4n) is 4.21. The predicted octanol–water partition coefficient (Wildman–Crippen LogP) is 1.31. The minimum atomic E-state index is -3.67. The zero-order valence-corrected chi connectivity index (χ0v) is 19.4. The Morgan fingerprint density at radius 3 is 2.61 bits per heavy atom. The van der Waals surface area contributed by atoms with Gasteiger partial charge in [-0.25, -0.2) is 8.42 Å². The molecule has 2 heterocycles. The molecule has 0 aliphatic carbocycles. The number of nitrogens with one attached hydrogen (secondary N) is 1. The Labute approximate surface area is 193 Å². The molecule has 9 nitrogen and oxygen atoms in total. The van der Waals surface area contributed by atoms with Crippen molar-refractivity contribution in [1.82, 2.24) is 9.62 Å². The third-order valence-electron chi connectivity index (χ3n) is 5.89. The van der Waals surface area contributed by atoms with Gasteiger partial charge in [-0.05, 0) is 41.5 Å². The summed E-state index contributed by atoms with van der Waals surface area (Å²) < 4.78 is 37.9. The van der Waals surface area contributed by atoms with E-state index in [1.807, 2.05) is 24.3 Å². The number of anilines is 1. The highest BCUT2D eigenvalue weighted by atomic mass is 32.2. The molecular weight excluding hydrogens is 446 g/mol. The molecule has 0 saturated carbocycles. The molecular formula is C23H27N3O6S. The van der Waals surface area contributed by atoms with Crippen molar-refractivity contribution >= 4 is 27.5 Å². The first-order valence-corrected chi connectivity index (χ1v) is 12.2. The summed E-state index contributed by atoms with van der Waals surface area (Å²) in [4.78, 5) is 27.0. The molecule has 2 aromatic carbocycles. The van der Waals surface area contributed by atoms with Crippen LogP contribution in [0.3, 0.4) is 0 Å². The number of rotatable bonds is 6. The van der Waals surface area contributed by atoms with E-state index in [1.54, 1.807) is 19.2 Å². The molecule has 4 rings (SSSR count). The number of morpholine rings is 1. The summed E-state index contributed by atoms with van der Waals surface area (Å²) >= 11 is 0. The maximum atomic E-state index is 13.0. The van der Waals surface area contributed by atoms with Crippen molar-refractivity contribution in [1.29, 1.82) is 0 Å². The molecule has 0 unspecified atom stereocenters. The highest BCUT2D eigenvalue weighted by Crippen LogP contribution is 2.35. The van der Waals surface area contributed by atoms with Gasteiger partial charge in [-0.3, -0.25) is 14.5 Å². The molecule has 176 valence electrons. The zero-order valence-electron chi connectivity index (χ0n) is 18.6. The van der Waals surface area contributed by atoms with E-state index in [4.69, 9.17) is 9.47 Å². The lowest BCUT2D eigenvalue weighted by Crippen LogP contribution is -2.47. The Kier molecular flexibility index (Phi) is 6.68. The predicted molar refractivity (Wildman–Crippen MR) is 122 cm³/mol. The van der Waals surface area contributed by atoms with Gasteiger partial charge in [0.2, 0.25) is 21.8 Å². The summed E-state index contributed by atoms with van der Waals surface area (Å²) in [5, 5.41) is 2.88. The molecule has 0 radical (unpaired) electrons. The van der Waals surface area contributed by atoms with Crippen LogP contribution in [0.5, 0.6) is 5.75 Å². The van der Waals surface area contributed by atoms with Crippen molar-refractivity contribution in [3.8, 4) is 5.75 Å². The number of nitrogens with zero attached hydrogens (tertiary/aromatic N) is 2. The Bertz CT molecular complexity index is 1160. The molecule has 10 heteroatoms. The molecule has 33 heavy (non-hydrogen) atoms. The molecule has 2 aliphatic rings. The molecule has 0 bridgehead atoms. The monoisotopic (exact) mass is 473 g/mol. The fraction of sp³-hybridized carbons (Fsp3) is 0.391. The number of fused-ring (bicyclic) bond motifs is 1. The third-order valence-corrected chi connectivity index (χ3v) is 7.78. The van der Waals surface area contributed by atoms with Gasteiger partial charge in [-0.15, -0.1) is 0 Å². The van der Waals surface area contributed by atoms with Crippen molar-refractivity contribution in [2.75, 3.05) is 38.3 Å². The molecule has 1 saturated heterocycles. The van der Waals surface area contributed by atoms with E-state index in [0.717, 1.165) is 5.56 Å². The lowest BCUT2D eigenvalue weighted by Gasteiger charge is -2.26. The van der Waals surface area contributed by atoms with Crippen LogP contribution in [0, 0.1) is 0 Å². The third kappa shape index (κ3) is 4.73. The SMILES string of the molecule is COc1cccc(CNC(=O)[C@H]2Cc3cc(S(=O)(=O)N4CCOCC4)ccc3N2C(C)=O)c1. The standard InChI is InChI=1S/C23H27N3O6S/c1-16(27)26-21-7-6-20(33(29,30)25-8-10-32-11-9-25)13-18(21)14-22(26)23(28)24-15-17-4-3-5-19(12-17)31-2/h3-7,12-13,22H,8-11,14-15H2,1-2H3,(H,24,28)/t22-/m1/s1. The summed E-state index contributed by atoms with van der Waals surface area (Å²) in [6.45, 7) is 3.00. The van der Waals surface area contributed by atoms with E-state index in [1.165, 1.54) is 22.2 Å². The first-order valence-electron chi connectivity index (χ1n) is 10.7. The summed E-state index contributed by atoms with van der Waals surface area (Å²) in [6, 6.07) is 11.3. The van der Waals surface area contributed by atoms with Crippen molar-refractivity contribution in [2.45, 2.75) is 30.8 Å². The molecule has 1 N–H and O–H groups in total. The van der Waals surface area contributed by atoms with Gasteiger partial charge in [0.15, 0.2) is 0 Å². The normalized spacial score (nSPS) is 18.6. The quantitative estimate of drug-likeness (QED) is 0.678. The number of hydrogen-bond acceptors (Lipinski definition) is 6. The van der Waals surface area contributed by atoms with Crippen LogP contribution in [0.15, 0.2) is 47.4 Å². The van der Waals surface area contributed by atoms with E-state index in [0.29, 0.717) is 43.3 Å². The molecule has 1 atom stereocenters. The number of carbonyl (C=O) groups excluding carboxylic acids is 2. The van der Waals surface area contributed by atoms with Gasteiger partial charge < -0.3 is 14.8 Å². The molecule has 0 aromatic heterocycles. The number of hydrogen-bond donors (Lipinski definition) is 1. The number of carbonyl (C=O) groups is 2. The van der Waals surface area contributed by atoms with Crippen molar-refractivity contribution in [3.05, 3.63) is 53.6 Å². The average molecular weight is 474 g/mol. The van der Waals surface area contributed by atoms with Crippen molar-refractivity contribution in [2.24, 2.45) is 0 Å². The van der Waals surface area contributed by atoms with Gasteiger partial charge in [-0.2, -0.15) is 4.31 Å². The lowest BCUT2D eigenvalue weighted by atomic mass is 10.1. The highest BCUT2D eigenvalue weighted by molar-refractivity contribution is 7.89. The van der Waals surface area contributed by atoms with Crippen LogP contribution < -0.4 is 15.0 Å². The Balaban J connectivity index is 1.53. The Morgan fingerprint density at radius 2 is 1.91 bits per heavy atom. The topological polar surface area (TPSA) is 105 Å². The Hall–Kier alpha value is -2.95. The smallest absolute Gasteiger partial charge is 0.243 e. The average Bonchev–Trinajstić information content (AvgIpc) is 3.22. The Morgan fingerprint density at radius 1 is 1.15 bits per heavy atom. The number of ether oxygens (including phenoxy) is 2. The van der Waals surface area contributed by atoms with Crippen molar-refractivity contribution in [3.63, 3.8) is 0 Å². The first-order chi connectivity index (χ1) is 15.8. The van der Waals surface area contributed by atoms with Crippen LogP contribution in [0.1, 0.15) is 18.1 Å². The second kappa shape index (κ2) is 9.50. The summed E-state index contributed by atoms with van der Waals surface area (Å²) in [7, 11) is -2.10. The van der Waals surface area contributed by atoms with E-state index in [9.17, 15) is 18.0 Å². The summed E-state index contributed by atoms with van der Waals surface area (Å²) in [6.07, 6.45) is 0.241. The number of sulfonamides is 1. The van der Waals surface area contributed by atoms with Gasteiger partial charge in [-0.1, -0.05) is 12.1 Å². The fourth-order valence-corrected chi connectivity index (χ4v) is 5.67. The van der Waals surface area contributed by atoms with E-state index < -0.39 is 16.1 Å². The molecule has 2 aliphatic heterocycles. The molecule has 1 fully saturated rings. The summed E-state index contributed by atoms with van der Waals surface area (Å²) in [5.74, 6) is 0.107. The number of amides is 2. The first kappa shape index (κ1) is 23.2. The highest BCUT2D eigenvalue weighted by Gasteiger charge is 2.38. The number of methoxy groups -OCH3 is 1. The maximum Gasteiger partial charge on any atom is 0.243 e. The largest absolute Gasteiger partial charge is 0.497 e. The molecule has 0 spiro atoms. The lowest BCUT2D eigenvalue weighted by molar-refractivity contribution is -0.125. The zero-order chi connectivity index (χ0) is 23.6. The van der Waals surface area contributed by atoms with Crippen LogP contribution in [0.25, 0.3) is 0 Å². The van der Waals surface area contributed by atoms with Gasteiger partial charge >= 0.3 is 0 Å². The van der Waals surface area contributed by atoms with Crippen LogP contribution >= 0.6 is 0 Å². The minimum Gasteiger partial charge on any atom is -0.497 e. The van der Waals surface area contributed by atoms with E-state index >= 15 is 0 Å². The van der Waals surface area contributed by atoms with Crippen molar-refractivity contribution < 1.29 is 27.5 Å². The van der Waals surface area contributed by atoms with Crippen LogP contribution in [-0.2, 0) is 37.3 Å². The summed E-state index contributed by atoms with van der Waals surface area (Å²) in [5.41, 5.74) is 2.08. The van der Waals surface area contributed by atoms with E-state index in [-0.39, 0.29) is 29.7 Å².